The largest absolute Gasteiger partial charge is 0.373 e. The van der Waals surface area contributed by atoms with Gasteiger partial charge in [0, 0.05) is 43.1 Å². The van der Waals surface area contributed by atoms with Gasteiger partial charge in [-0.1, -0.05) is 0 Å². The van der Waals surface area contributed by atoms with E-state index >= 15 is 0 Å². The minimum absolute atomic E-state index is 0.0140. The molecular formula is C15H19F2N5S. The van der Waals surface area contributed by atoms with Crippen molar-refractivity contribution in [1.82, 2.24) is 15.0 Å². The van der Waals surface area contributed by atoms with E-state index in [2.05, 4.69) is 25.6 Å². The Bertz CT molecular complexity index is 678. The van der Waals surface area contributed by atoms with Gasteiger partial charge in [0.15, 0.2) is 10.8 Å². The van der Waals surface area contributed by atoms with E-state index < -0.39 is 5.92 Å². The summed E-state index contributed by atoms with van der Waals surface area (Å²) in [7, 11) is 1.78. The van der Waals surface area contributed by atoms with Crippen molar-refractivity contribution < 1.29 is 8.78 Å². The van der Waals surface area contributed by atoms with Gasteiger partial charge in [0.05, 0.1) is 0 Å². The summed E-state index contributed by atoms with van der Waals surface area (Å²) in [6.45, 7) is 1.92. The van der Waals surface area contributed by atoms with Crippen molar-refractivity contribution in [3.63, 3.8) is 0 Å². The zero-order valence-corrected chi connectivity index (χ0v) is 13.9. The minimum Gasteiger partial charge on any atom is -0.373 e. The molecule has 2 aromatic rings. The third kappa shape index (κ3) is 3.93. The first-order valence-electron chi connectivity index (χ1n) is 7.59. The van der Waals surface area contributed by atoms with E-state index in [1.54, 1.807) is 13.1 Å². The van der Waals surface area contributed by atoms with Gasteiger partial charge in [-0.2, -0.15) is 0 Å². The van der Waals surface area contributed by atoms with Crippen LogP contribution in [0.5, 0.6) is 0 Å². The lowest BCUT2D eigenvalue weighted by molar-refractivity contribution is -0.0361. The number of hydrogen-bond donors (Lipinski definition) is 2. The summed E-state index contributed by atoms with van der Waals surface area (Å²) >= 11 is 1.49. The Morgan fingerprint density at radius 3 is 2.48 bits per heavy atom. The first kappa shape index (κ1) is 16.0. The van der Waals surface area contributed by atoms with Crippen molar-refractivity contribution in [3.8, 4) is 10.8 Å². The summed E-state index contributed by atoms with van der Waals surface area (Å²) in [4.78, 5) is 13.3. The van der Waals surface area contributed by atoms with Gasteiger partial charge in [-0.3, -0.25) is 0 Å². The SMILES string of the molecule is CNc1cc(NC2CCC(F)(F)CC2)nc(-c2nc(C)cs2)n1. The molecule has 2 heterocycles. The van der Waals surface area contributed by atoms with Gasteiger partial charge >= 0.3 is 0 Å². The molecule has 124 valence electrons. The molecule has 0 spiro atoms. The molecule has 3 rings (SSSR count). The van der Waals surface area contributed by atoms with Crippen LogP contribution in [-0.4, -0.2) is 34.0 Å². The van der Waals surface area contributed by atoms with Crippen molar-refractivity contribution in [2.45, 2.75) is 44.6 Å². The van der Waals surface area contributed by atoms with Crippen molar-refractivity contribution >= 4 is 23.0 Å². The summed E-state index contributed by atoms with van der Waals surface area (Å²) in [5.41, 5.74) is 0.924. The molecule has 5 nitrogen and oxygen atoms in total. The Morgan fingerprint density at radius 1 is 1.17 bits per heavy atom. The molecule has 0 radical (unpaired) electrons. The molecular weight excluding hydrogens is 320 g/mol. The third-order valence-corrected chi connectivity index (χ3v) is 4.82. The van der Waals surface area contributed by atoms with Crippen LogP contribution in [0.25, 0.3) is 10.8 Å². The van der Waals surface area contributed by atoms with Crippen molar-refractivity contribution in [3.05, 3.63) is 17.1 Å². The molecule has 0 unspecified atom stereocenters. The summed E-state index contributed by atoms with van der Waals surface area (Å²) in [5, 5.41) is 8.96. The van der Waals surface area contributed by atoms with Crippen LogP contribution in [0.3, 0.4) is 0 Å². The van der Waals surface area contributed by atoms with Gasteiger partial charge < -0.3 is 10.6 Å². The molecule has 0 bridgehead atoms. The quantitative estimate of drug-likeness (QED) is 0.883. The summed E-state index contributed by atoms with van der Waals surface area (Å²) in [6.07, 6.45) is 0.732. The molecule has 1 fully saturated rings. The van der Waals surface area contributed by atoms with Crippen molar-refractivity contribution in [2.75, 3.05) is 17.7 Å². The van der Waals surface area contributed by atoms with Crippen LogP contribution in [0.2, 0.25) is 0 Å². The van der Waals surface area contributed by atoms with E-state index in [4.69, 9.17) is 0 Å². The molecule has 2 aromatic heterocycles. The molecule has 1 saturated carbocycles. The summed E-state index contributed by atoms with van der Waals surface area (Å²) < 4.78 is 26.5. The second kappa shape index (κ2) is 6.35. The fraction of sp³-hybridized carbons (Fsp3) is 0.533. The standard InChI is InChI=1S/C15H19F2N5S/c1-9-8-23-14(19-9)13-21-11(18-2)7-12(22-13)20-10-3-5-15(16,17)6-4-10/h7-8,10H,3-6H2,1-2H3,(H2,18,20,21,22). The molecule has 23 heavy (non-hydrogen) atoms. The molecule has 8 heteroatoms. The van der Waals surface area contributed by atoms with Crippen molar-refractivity contribution in [1.29, 1.82) is 0 Å². The normalized spacial score (nSPS) is 17.9. The van der Waals surface area contributed by atoms with E-state index in [1.165, 1.54) is 11.3 Å². The molecule has 0 aliphatic heterocycles. The number of nitrogens with zero attached hydrogens (tertiary/aromatic N) is 3. The molecule has 0 aromatic carbocycles. The molecule has 0 saturated heterocycles. The number of anilines is 2. The van der Waals surface area contributed by atoms with E-state index in [-0.39, 0.29) is 18.9 Å². The number of nitrogens with one attached hydrogen (secondary N) is 2. The zero-order valence-electron chi connectivity index (χ0n) is 13.1. The number of rotatable bonds is 4. The average molecular weight is 339 g/mol. The van der Waals surface area contributed by atoms with Gasteiger partial charge in [0.1, 0.15) is 11.6 Å². The van der Waals surface area contributed by atoms with Crippen molar-refractivity contribution in [2.24, 2.45) is 0 Å². The molecule has 1 aliphatic carbocycles. The van der Waals surface area contributed by atoms with E-state index in [0.29, 0.717) is 30.3 Å². The number of thiazole rings is 1. The Morgan fingerprint density at radius 2 is 1.87 bits per heavy atom. The second-order valence-electron chi connectivity index (χ2n) is 5.78. The monoisotopic (exact) mass is 339 g/mol. The number of aromatic nitrogens is 3. The van der Waals surface area contributed by atoms with Crippen LogP contribution in [0.1, 0.15) is 31.4 Å². The van der Waals surface area contributed by atoms with Crippen LogP contribution < -0.4 is 10.6 Å². The maximum absolute atomic E-state index is 13.3. The highest BCUT2D eigenvalue weighted by Crippen LogP contribution is 2.34. The highest BCUT2D eigenvalue weighted by atomic mass is 32.1. The van der Waals surface area contributed by atoms with Crippen LogP contribution in [0.15, 0.2) is 11.4 Å². The highest BCUT2D eigenvalue weighted by Gasteiger charge is 2.35. The lowest BCUT2D eigenvalue weighted by atomic mass is 9.92. The molecule has 1 aliphatic rings. The Hall–Kier alpha value is -1.83. The average Bonchev–Trinajstić information content (AvgIpc) is 2.96. The summed E-state index contributed by atoms with van der Waals surface area (Å²) in [5.74, 6) is -0.670. The molecule has 2 N–H and O–H groups in total. The Labute approximate surface area is 137 Å². The van der Waals surface area contributed by atoms with E-state index in [9.17, 15) is 8.78 Å². The maximum atomic E-state index is 13.3. The lowest BCUT2D eigenvalue weighted by Gasteiger charge is -2.29. The predicted molar refractivity (Wildman–Crippen MR) is 88.2 cm³/mol. The summed E-state index contributed by atoms with van der Waals surface area (Å²) in [6, 6.07) is 1.80. The predicted octanol–water partition coefficient (Wildman–Crippen LogP) is 3.94. The maximum Gasteiger partial charge on any atom is 0.248 e. The molecule has 0 amide bonds. The van der Waals surface area contributed by atoms with E-state index in [1.807, 2.05) is 12.3 Å². The number of halogens is 2. The topological polar surface area (TPSA) is 62.7 Å². The lowest BCUT2D eigenvalue weighted by Crippen LogP contribution is -2.32. The van der Waals surface area contributed by atoms with Gasteiger partial charge in [0.2, 0.25) is 5.92 Å². The number of alkyl halides is 2. The van der Waals surface area contributed by atoms with Gasteiger partial charge in [-0.15, -0.1) is 11.3 Å². The van der Waals surface area contributed by atoms with Crippen LogP contribution >= 0.6 is 11.3 Å². The van der Waals surface area contributed by atoms with Crippen LogP contribution in [-0.2, 0) is 0 Å². The fourth-order valence-electron chi connectivity index (χ4n) is 2.60. The minimum atomic E-state index is -2.52. The second-order valence-corrected chi connectivity index (χ2v) is 6.64. The Balaban J connectivity index is 1.79. The smallest absolute Gasteiger partial charge is 0.248 e. The van der Waals surface area contributed by atoms with Crippen LogP contribution in [0, 0.1) is 6.92 Å². The van der Waals surface area contributed by atoms with E-state index in [0.717, 1.165) is 10.7 Å². The highest BCUT2D eigenvalue weighted by molar-refractivity contribution is 7.13. The first-order valence-corrected chi connectivity index (χ1v) is 8.47. The number of aryl methyl sites for hydroxylation is 1. The third-order valence-electron chi connectivity index (χ3n) is 3.86. The van der Waals surface area contributed by atoms with Crippen LogP contribution in [0.4, 0.5) is 20.4 Å². The first-order chi connectivity index (χ1) is 10.9. The number of hydrogen-bond acceptors (Lipinski definition) is 6. The molecule has 0 atom stereocenters. The van der Waals surface area contributed by atoms with Gasteiger partial charge in [-0.05, 0) is 19.8 Å². The zero-order chi connectivity index (χ0) is 16.4. The fourth-order valence-corrected chi connectivity index (χ4v) is 3.32. The van der Waals surface area contributed by atoms with Gasteiger partial charge in [-0.25, -0.2) is 23.7 Å². The van der Waals surface area contributed by atoms with Gasteiger partial charge in [0.25, 0.3) is 0 Å². The Kier molecular flexibility index (Phi) is 4.43.